The molecular weight excluding hydrogens is 244 g/mol. The van der Waals surface area contributed by atoms with Crippen molar-refractivity contribution in [3.8, 4) is 0 Å². The van der Waals surface area contributed by atoms with Gasteiger partial charge in [-0.25, -0.2) is 4.90 Å². The lowest BCUT2D eigenvalue weighted by atomic mass is 9.52. The summed E-state index contributed by atoms with van der Waals surface area (Å²) in [7, 11) is 2.23. The van der Waals surface area contributed by atoms with Gasteiger partial charge < -0.3 is 0 Å². The summed E-state index contributed by atoms with van der Waals surface area (Å²) in [4.78, 5) is 2.68. The summed E-state index contributed by atoms with van der Waals surface area (Å²) in [6.07, 6.45) is 7.29. The van der Waals surface area contributed by atoms with Crippen molar-refractivity contribution < 1.29 is 4.58 Å². The van der Waals surface area contributed by atoms with Gasteiger partial charge in [-0.2, -0.15) is 0 Å². The molecule has 0 bridgehead atoms. The Balaban J connectivity index is 2.07. The van der Waals surface area contributed by atoms with Crippen LogP contribution in [0.15, 0.2) is 36.4 Å². The second-order valence-corrected chi connectivity index (χ2v) is 6.38. The third kappa shape index (κ3) is 1.07. The van der Waals surface area contributed by atoms with E-state index >= 15 is 0 Å². The van der Waals surface area contributed by atoms with Gasteiger partial charge >= 0.3 is 0 Å². The Bertz CT molecular complexity index is 643. The third-order valence-electron chi connectivity index (χ3n) is 5.92. The minimum Gasteiger partial charge on any atom is -0.260 e. The molecule has 1 aliphatic carbocycles. The Morgan fingerprint density at radius 3 is 2.60 bits per heavy atom. The zero-order valence-corrected chi connectivity index (χ0v) is 12.7. The summed E-state index contributed by atoms with van der Waals surface area (Å²) in [6, 6.07) is 9.04. The van der Waals surface area contributed by atoms with Crippen LogP contribution in [0.1, 0.15) is 37.8 Å². The fourth-order valence-electron chi connectivity index (χ4n) is 4.84. The van der Waals surface area contributed by atoms with Crippen molar-refractivity contribution in [2.24, 2.45) is 0 Å². The van der Waals surface area contributed by atoms with Crippen molar-refractivity contribution in [3.05, 3.63) is 47.5 Å². The van der Waals surface area contributed by atoms with Gasteiger partial charge in [-0.1, -0.05) is 38.1 Å². The van der Waals surface area contributed by atoms with E-state index in [9.17, 15) is 0 Å². The summed E-state index contributed by atoms with van der Waals surface area (Å²) < 4.78 is 2.43. The van der Waals surface area contributed by atoms with Crippen LogP contribution in [0, 0.1) is 0 Å². The van der Waals surface area contributed by atoms with Gasteiger partial charge in [-0.3, -0.25) is 4.58 Å². The molecule has 2 heteroatoms. The first kappa shape index (κ1) is 12.2. The molecule has 0 saturated carbocycles. The van der Waals surface area contributed by atoms with Gasteiger partial charge in [0.05, 0.1) is 18.0 Å². The van der Waals surface area contributed by atoms with Crippen molar-refractivity contribution in [2.45, 2.75) is 37.6 Å². The van der Waals surface area contributed by atoms with Gasteiger partial charge in [0.1, 0.15) is 18.6 Å². The van der Waals surface area contributed by atoms with Crippen molar-refractivity contribution in [1.29, 1.82) is 0 Å². The molecule has 2 unspecified atom stereocenters. The van der Waals surface area contributed by atoms with Gasteiger partial charge in [-0.05, 0) is 30.5 Å². The van der Waals surface area contributed by atoms with E-state index in [1.807, 2.05) is 0 Å². The Morgan fingerprint density at radius 2 is 1.95 bits per heavy atom. The van der Waals surface area contributed by atoms with Crippen molar-refractivity contribution >= 4 is 5.84 Å². The number of hydrogen-bond donors (Lipinski definition) is 0. The minimum atomic E-state index is 0.205. The van der Waals surface area contributed by atoms with Crippen LogP contribution in [0.5, 0.6) is 0 Å². The largest absolute Gasteiger partial charge is 0.280 e. The zero-order chi connectivity index (χ0) is 14.0. The van der Waals surface area contributed by atoms with Crippen molar-refractivity contribution in [1.82, 2.24) is 4.90 Å². The first-order valence-corrected chi connectivity index (χ1v) is 7.86. The first-order valence-electron chi connectivity index (χ1n) is 7.86. The molecule has 0 fully saturated rings. The SMILES string of the molecule is CCC12C=CC1(CC)N1CC[N+](C)=C1c1ccccc12. The Hall–Kier alpha value is -1.57. The molecule has 2 aliphatic heterocycles. The molecule has 0 radical (unpaired) electrons. The summed E-state index contributed by atoms with van der Waals surface area (Å²) in [5.74, 6) is 1.44. The molecule has 1 aromatic rings. The Morgan fingerprint density at radius 1 is 1.15 bits per heavy atom. The highest BCUT2D eigenvalue weighted by Gasteiger charge is 2.66. The monoisotopic (exact) mass is 267 g/mol. The van der Waals surface area contributed by atoms with E-state index in [-0.39, 0.29) is 11.0 Å². The number of nitrogens with zero attached hydrogens (tertiary/aromatic N) is 2. The lowest BCUT2D eigenvalue weighted by Gasteiger charge is -2.58. The molecule has 3 aliphatic rings. The number of likely N-dealkylation sites (N-methyl/N-ethyl adjacent to an activating group) is 1. The van der Waals surface area contributed by atoms with E-state index < -0.39 is 0 Å². The maximum atomic E-state index is 2.68. The zero-order valence-electron chi connectivity index (χ0n) is 12.7. The predicted molar refractivity (Wildman–Crippen MR) is 82.4 cm³/mol. The maximum absolute atomic E-state index is 2.68. The van der Waals surface area contributed by atoms with Gasteiger partial charge in [0, 0.05) is 0 Å². The predicted octanol–water partition coefficient (Wildman–Crippen LogP) is 2.77. The van der Waals surface area contributed by atoms with E-state index in [4.69, 9.17) is 0 Å². The molecule has 0 spiro atoms. The van der Waals surface area contributed by atoms with Gasteiger partial charge in [0.2, 0.25) is 0 Å². The fraction of sp³-hybridized carbons (Fsp3) is 0.500. The van der Waals surface area contributed by atoms with Crippen LogP contribution in [0.4, 0.5) is 0 Å². The number of fused-ring (bicyclic) bond motifs is 6. The van der Waals surface area contributed by atoms with Crippen LogP contribution in [-0.4, -0.2) is 41.0 Å². The Labute approximate surface area is 121 Å². The van der Waals surface area contributed by atoms with E-state index in [1.165, 1.54) is 29.8 Å². The molecule has 104 valence electrons. The molecule has 2 nitrogen and oxygen atoms in total. The maximum Gasteiger partial charge on any atom is 0.280 e. The summed E-state index contributed by atoms with van der Waals surface area (Å²) in [6.45, 7) is 6.98. The average molecular weight is 267 g/mol. The lowest BCUT2D eigenvalue weighted by Crippen LogP contribution is -2.69. The fourth-order valence-corrected chi connectivity index (χ4v) is 4.84. The highest BCUT2D eigenvalue weighted by atomic mass is 15.4. The first-order chi connectivity index (χ1) is 9.70. The second-order valence-electron chi connectivity index (χ2n) is 6.38. The standard InChI is InChI=1S/C18H23N2/c1-4-17-10-11-18(17,5-2)20-13-12-19(3)16(20)14-8-6-7-9-15(14)17/h6-11H,4-5,12-13H2,1-3H3/q+1. The molecular formula is C18H23N2+. The smallest absolute Gasteiger partial charge is 0.260 e. The molecule has 0 N–H and O–H groups in total. The van der Waals surface area contributed by atoms with E-state index in [0.29, 0.717) is 0 Å². The number of hydrogen-bond acceptors (Lipinski definition) is 1. The van der Waals surface area contributed by atoms with E-state index in [2.05, 4.69) is 66.8 Å². The Kier molecular flexibility index (Phi) is 2.28. The van der Waals surface area contributed by atoms with Crippen LogP contribution in [-0.2, 0) is 5.41 Å². The number of rotatable bonds is 2. The number of amidine groups is 1. The molecule has 2 heterocycles. The molecule has 0 amide bonds. The van der Waals surface area contributed by atoms with Crippen LogP contribution in [0.3, 0.4) is 0 Å². The van der Waals surface area contributed by atoms with Crippen LogP contribution in [0.2, 0.25) is 0 Å². The highest BCUT2D eigenvalue weighted by Crippen LogP contribution is 2.57. The van der Waals surface area contributed by atoms with Crippen LogP contribution >= 0.6 is 0 Å². The third-order valence-corrected chi connectivity index (χ3v) is 5.92. The van der Waals surface area contributed by atoms with Gasteiger partial charge in [0.25, 0.3) is 5.84 Å². The molecule has 1 aromatic carbocycles. The molecule has 0 saturated heterocycles. The van der Waals surface area contributed by atoms with Crippen LogP contribution in [0.25, 0.3) is 0 Å². The van der Waals surface area contributed by atoms with Crippen LogP contribution < -0.4 is 0 Å². The van der Waals surface area contributed by atoms with E-state index in [0.717, 1.165) is 13.1 Å². The topological polar surface area (TPSA) is 6.25 Å². The molecule has 4 rings (SSSR count). The quantitative estimate of drug-likeness (QED) is 0.590. The average Bonchev–Trinajstić information content (AvgIpc) is 2.83. The summed E-state index contributed by atoms with van der Waals surface area (Å²) in [5, 5.41) is 0. The highest BCUT2D eigenvalue weighted by molar-refractivity contribution is 6.01. The lowest BCUT2D eigenvalue weighted by molar-refractivity contribution is -0.486. The molecule has 2 atom stereocenters. The number of benzene rings is 1. The summed E-state index contributed by atoms with van der Waals surface area (Å²) >= 11 is 0. The second kappa shape index (κ2) is 3.75. The molecule has 0 aromatic heterocycles. The van der Waals surface area contributed by atoms with Gasteiger partial charge in [0.15, 0.2) is 0 Å². The van der Waals surface area contributed by atoms with Gasteiger partial charge in [-0.15, -0.1) is 0 Å². The minimum absolute atomic E-state index is 0.205. The molecule has 20 heavy (non-hydrogen) atoms. The van der Waals surface area contributed by atoms with E-state index in [1.54, 1.807) is 0 Å². The van der Waals surface area contributed by atoms with Crippen molar-refractivity contribution in [2.75, 3.05) is 20.1 Å². The summed E-state index contributed by atoms with van der Waals surface area (Å²) in [5.41, 5.74) is 3.40. The van der Waals surface area contributed by atoms with Crippen molar-refractivity contribution in [3.63, 3.8) is 0 Å². The normalized spacial score (nSPS) is 33.6.